The summed E-state index contributed by atoms with van der Waals surface area (Å²) in [7, 11) is 3.29. The Balaban J connectivity index is 2.86. The predicted octanol–water partition coefficient (Wildman–Crippen LogP) is 3.41. The highest BCUT2D eigenvalue weighted by molar-refractivity contribution is 7.80. The Hall–Kier alpha value is -1.48. The van der Waals surface area contributed by atoms with E-state index in [1.54, 1.807) is 14.2 Å². The number of hydrogen-bond acceptors (Lipinski definition) is 2. The van der Waals surface area contributed by atoms with Gasteiger partial charge in [-0.1, -0.05) is 24.8 Å². The minimum Gasteiger partial charge on any atom is -0.496 e. The molecule has 15 heavy (non-hydrogen) atoms. The van der Waals surface area contributed by atoms with E-state index in [1.165, 1.54) is 0 Å². The quantitative estimate of drug-likeness (QED) is 0.770. The summed E-state index contributed by atoms with van der Waals surface area (Å²) in [5.41, 5.74) is 0. The van der Waals surface area contributed by atoms with Crippen LogP contribution in [0, 0.1) is 0 Å². The summed E-state index contributed by atoms with van der Waals surface area (Å²) in [6.45, 7) is 0. The standard InChI is InChI=1S/C12H11O2S/c1-13-9-6-7-11(15)12-8(9)4-3-5-10(12)14-2/h3-7H,1-2H3. The smallest absolute Gasteiger partial charge is 0.128 e. The molecule has 0 N–H and O–H groups in total. The summed E-state index contributed by atoms with van der Waals surface area (Å²) in [5, 5.41) is 1.93. The van der Waals surface area contributed by atoms with Gasteiger partial charge < -0.3 is 9.47 Å². The Bertz CT molecular complexity index is 494. The van der Waals surface area contributed by atoms with E-state index >= 15 is 0 Å². The van der Waals surface area contributed by atoms with E-state index in [4.69, 9.17) is 22.1 Å². The summed E-state index contributed by atoms with van der Waals surface area (Å²) < 4.78 is 10.6. The molecule has 0 amide bonds. The molecular weight excluding hydrogens is 208 g/mol. The fraction of sp³-hybridized carbons (Fsp3) is 0.167. The van der Waals surface area contributed by atoms with Crippen molar-refractivity contribution in [1.29, 1.82) is 0 Å². The zero-order valence-electron chi connectivity index (χ0n) is 8.61. The fourth-order valence-corrected chi connectivity index (χ4v) is 1.94. The zero-order chi connectivity index (χ0) is 10.8. The van der Waals surface area contributed by atoms with Crippen LogP contribution in [0.2, 0.25) is 0 Å². The minimum atomic E-state index is 0.781. The average Bonchev–Trinajstić information content (AvgIpc) is 2.29. The summed E-state index contributed by atoms with van der Waals surface area (Å²) in [4.78, 5) is 0.781. The van der Waals surface area contributed by atoms with Crippen LogP contribution in [0.1, 0.15) is 0 Å². The van der Waals surface area contributed by atoms with Crippen molar-refractivity contribution in [3.8, 4) is 11.5 Å². The maximum atomic E-state index is 5.29. The molecule has 0 fully saturated rings. The van der Waals surface area contributed by atoms with E-state index in [2.05, 4.69) is 0 Å². The summed E-state index contributed by atoms with van der Waals surface area (Å²) in [6.07, 6.45) is 0. The van der Waals surface area contributed by atoms with E-state index in [9.17, 15) is 0 Å². The molecule has 2 rings (SSSR count). The molecule has 0 atom stereocenters. The third kappa shape index (κ3) is 1.59. The summed E-state index contributed by atoms with van der Waals surface area (Å²) >= 11 is 5.28. The van der Waals surface area contributed by atoms with Crippen LogP contribution in [-0.4, -0.2) is 14.2 Å². The Morgan fingerprint density at radius 1 is 0.933 bits per heavy atom. The van der Waals surface area contributed by atoms with Crippen molar-refractivity contribution in [1.82, 2.24) is 0 Å². The molecule has 0 unspecified atom stereocenters. The van der Waals surface area contributed by atoms with Crippen LogP contribution < -0.4 is 9.47 Å². The highest BCUT2D eigenvalue weighted by atomic mass is 32.1. The Labute approximate surface area is 94.2 Å². The molecule has 2 aromatic rings. The molecule has 3 heteroatoms. The van der Waals surface area contributed by atoms with Crippen LogP contribution in [0.3, 0.4) is 0 Å². The molecule has 0 spiro atoms. The average molecular weight is 219 g/mol. The predicted molar refractivity (Wildman–Crippen MR) is 62.9 cm³/mol. The van der Waals surface area contributed by atoms with Crippen LogP contribution in [0.5, 0.6) is 11.5 Å². The van der Waals surface area contributed by atoms with Gasteiger partial charge in [0.2, 0.25) is 0 Å². The molecule has 0 aromatic heterocycles. The first-order chi connectivity index (χ1) is 7.27. The van der Waals surface area contributed by atoms with Crippen molar-refractivity contribution in [2.24, 2.45) is 0 Å². The second kappa shape index (κ2) is 3.95. The molecule has 0 aliphatic rings. The van der Waals surface area contributed by atoms with Crippen molar-refractivity contribution in [3.63, 3.8) is 0 Å². The number of ether oxygens (including phenoxy) is 2. The highest BCUT2D eigenvalue weighted by Gasteiger charge is 2.09. The molecule has 2 aromatic carbocycles. The second-order valence-electron chi connectivity index (χ2n) is 3.15. The molecule has 0 aliphatic heterocycles. The molecule has 0 aliphatic carbocycles. The van der Waals surface area contributed by atoms with Crippen molar-refractivity contribution >= 4 is 23.4 Å². The largest absolute Gasteiger partial charge is 0.496 e. The van der Waals surface area contributed by atoms with E-state index < -0.39 is 0 Å². The summed E-state index contributed by atoms with van der Waals surface area (Å²) in [5.74, 6) is 1.61. The maximum Gasteiger partial charge on any atom is 0.128 e. The first kappa shape index (κ1) is 10.1. The van der Waals surface area contributed by atoms with Gasteiger partial charge in [-0.2, -0.15) is 0 Å². The minimum absolute atomic E-state index is 0.781. The van der Waals surface area contributed by atoms with E-state index in [1.807, 2.05) is 30.3 Å². The number of fused-ring (bicyclic) bond motifs is 1. The van der Waals surface area contributed by atoms with Crippen molar-refractivity contribution < 1.29 is 9.47 Å². The topological polar surface area (TPSA) is 18.5 Å². The van der Waals surface area contributed by atoms with Crippen LogP contribution >= 0.6 is 12.6 Å². The van der Waals surface area contributed by atoms with Crippen molar-refractivity contribution in [2.45, 2.75) is 4.90 Å². The van der Waals surface area contributed by atoms with Crippen molar-refractivity contribution in [2.75, 3.05) is 14.2 Å². The Morgan fingerprint density at radius 2 is 1.67 bits per heavy atom. The molecule has 2 nitrogen and oxygen atoms in total. The second-order valence-corrected chi connectivity index (χ2v) is 3.59. The molecule has 0 heterocycles. The monoisotopic (exact) mass is 219 g/mol. The van der Waals surface area contributed by atoms with Gasteiger partial charge in [0.05, 0.1) is 14.2 Å². The highest BCUT2D eigenvalue weighted by Crippen LogP contribution is 2.36. The lowest BCUT2D eigenvalue weighted by molar-refractivity contribution is 0.414. The van der Waals surface area contributed by atoms with Gasteiger partial charge in [-0.25, -0.2) is 0 Å². The van der Waals surface area contributed by atoms with Crippen LogP contribution in [0.15, 0.2) is 35.2 Å². The zero-order valence-corrected chi connectivity index (χ0v) is 9.43. The first-order valence-corrected chi connectivity index (χ1v) is 4.99. The van der Waals surface area contributed by atoms with Crippen molar-refractivity contribution in [3.05, 3.63) is 30.3 Å². The van der Waals surface area contributed by atoms with Crippen LogP contribution in [0.4, 0.5) is 0 Å². The van der Waals surface area contributed by atoms with Gasteiger partial charge >= 0.3 is 0 Å². The Kier molecular flexibility index (Phi) is 2.64. The van der Waals surface area contributed by atoms with Crippen LogP contribution in [0.25, 0.3) is 10.8 Å². The van der Waals surface area contributed by atoms with Gasteiger partial charge in [0.15, 0.2) is 0 Å². The lowest BCUT2D eigenvalue weighted by Crippen LogP contribution is -1.89. The van der Waals surface area contributed by atoms with Gasteiger partial charge in [0.1, 0.15) is 11.5 Å². The first-order valence-electron chi connectivity index (χ1n) is 4.58. The van der Waals surface area contributed by atoms with E-state index in [0.29, 0.717) is 0 Å². The molecule has 77 valence electrons. The molecule has 0 saturated carbocycles. The fourth-order valence-electron chi connectivity index (χ4n) is 1.66. The molecule has 0 saturated heterocycles. The Morgan fingerprint density at radius 3 is 2.33 bits per heavy atom. The number of methoxy groups -OCH3 is 2. The SMILES string of the molecule is COc1ccc([S])c2c(OC)cccc12. The maximum absolute atomic E-state index is 5.29. The van der Waals surface area contributed by atoms with Gasteiger partial charge in [-0.15, -0.1) is 0 Å². The number of rotatable bonds is 2. The van der Waals surface area contributed by atoms with Gasteiger partial charge in [0, 0.05) is 15.7 Å². The number of benzene rings is 2. The van der Waals surface area contributed by atoms with Crippen LogP contribution in [-0.2, 0) is 0 Å². The van der Waals surface area contributed by atoms with Gasteiger partial charge in [0.25, 0.3) is 0 Å². The lowest BCUT2D eigenvalue weighted by atomic mass is 10.1. The number of hydrogen-bond donors (Lipinski definition) is 0. The lowest BCUT2D eigenvalue weighted by Gasteiger charge is -2.10. The molecule has 1 radical (unpaired) electrons. The van der Waals surface area contributed by atoms with E-state index in [0.717, 1.165) is 27.2 Å². The third-order valence-electron chi connectivity index (χ3n) is 2.36. The molecule has 0 bridgehead atoms. The van der Waals surface area contributed by atoms with Gasteiger partial charge in [-0.3, -0.25) is 0 Å². The van der Waals surface area contributed by atoms with Gasteiger partial charge in [-0.05, 0) is 18.2 Å². The third-order valence-corrected chi connectivity index (χ3v) is 2.70. The normalized spacial score (nSPS) is 10.3. The van der Waals surface area contributed by atoms with E-state index in [-0.39, 0.29) is 0 Å². The molecular formula is C12H11O2S. The summed E-state index contributed by atoms with van der Waals surface area (Å²) in [6, 6.07) is 9.55.